The highest BCUT2D eigenvalue weighted by molar-refractivity contribution is 8.00. The Kier molecular flexibility index (Phi) is 13.5. The highest BCUT2D eigenvalue weighted by Gasteiger charge is 2.33. The molecular weight excluding hydrogens is 520 g/mol. The lowest BCUT2D eigenvalue weighted by Gasteiger charge is -2.36. The van der Waals surface area contributed by atoms with Gasteiger partial charge in [0.1, 0.15) is 0 Å². The third-order valence-corrected chi connectivity index (χ3v) is 10.3. The average molecular weight is 583 g/mol. The predicted molar refractivity (Wildman–Crippen MR) is 182 cm³/mol. The summed E-state index contributed by atoms with van der Waals surface area (Å²) >= 11 is 2.12. The molecule has 0 saturated carbocycles. The monoisotopic (exact) mass is 582 g/mol. The fourth-order valence-electron chi connectivity index (χ4n) is 6.08. The van der Waals surface area contributed by atoms with Crippen molar-refractivity contribution < 1.29 is 10.2 Å². The van der Waals surface area contributed by atoms with Crippen molar-refractivity contribution in [2.75, 3.05) is 5.75 Å². The maximum atomic E-state index is 10.1. The van der Waals surface area contributed by atoms with Crippen LogP contribution < -0.4 is 0 Å². The van der Waals surface area contributed by atoms with Crippen LogP contribution in [0.3, 0.4) is 0 Å². The first-order chi connectivity index (χ1) is 19.1. The zero-order chi connectivity index (χ0) is 30.9. The summed E-state index contributed by atoms with van der Waals surface area (Å²) in [5, 5.41) is 20.2. The predicted octanol–water partition coefficient (Wildman–Crippen LogP) is 10.6. The summed E-state index contributed by atoms with van der Waals surface area (Å²) in [5.41, 5.74) is 6.78. The summed E-state index contributed by atoms with van der Waals surface area (Å²) in [6, 6.07) is 13.5. The average Bonchev–Trinajstić information content (AvgIpc) is 2.90. The van der Waals surface area contributed by atoms with E-state index in [0.717, 1.165) is 23.3 Å². The highest BCUT2D eigenvalue weighted by Crippen LogP contribution is 2.43. The van der Waals surface area contributed by atoms with Gasteiger partial charge in [0.15, 0.2) is 0 Å². The number of thioether (sulfide) groups is 1. The van der Waals surface area contributed by atoms with E-state index < -0.39 is 0 Å². The number of unbranched alkanes of at least 4 members (excludes halogenated alkanes) is 6. The van der Waals surface area contributed by atoms with Crippen LogP contribution in [0.25, 0.3) is 0 Å². The van der Waals surface area contributed by atoms with Crippen LogP contribution in [0, 0.1) is 0 Å². The largest absolute Gasteiger partial charge is 0.392 e. The third-order valence-electron chi connectivity index (χ3n) is 8.93. The zero-order valence-corrected chi connectivity index (χ0v) is 29.1. The molecule has 3 heteroatoms. The van der Waals surface area contributed by atoms with Gasteiger partial charge < -0.3 is 10.2 Å². The molecule has 0 saturated heterocycles. The number of aliphatic hydroxyl groups is 2. The minimum atomic E-state index is -0.190. The standard InChI is InChI=1S/C38H62O2S/c1-11-12-13-14-15-16-17-22-37(8,9)41-24-23-38(10,31-20-18-29(27-39)33(25-31)35(2,3)4)32-21-19-30(28-40)34(26-32)36(5,6)7/h18-21,25-26,39-40H,11-17,22-24,27-28H2,1-10H3. The van der Waals surface area contributed by atoms with E-state index in [-0.39, 0.29) is 34.2 Å². The van der Waals surface area contributed by atoms with Gasteiger partial charge in [0, 0.05) is 10.2 Å². The van der Waals surface area contributed by atoms with Crippen LogP contribution in [0.2, 0.25) is 0 Å². The lowest BCUT2D eigenvalue weighted by atomic mass is 9.70. The van der Waals surface area contributed by atoms with Crippen molar-refractivity contribution in [3.63, 3.8) is 0 Å². The number of benzene rings is 2. The van der Waals surface area contributed by atoms with Crippen molar-refractivity contribution in [1.29, 1.82) is 0 Å². The Bertz CT molecular complexity index is 1010. The molecule has 2 nitrogen and oxygen atoms in total. The molecule has 2 N–H and O–H groups in total. The van der Waals surface area contributed by atoms with Crippen LogP contribution in [0.5, 0.6) is 0 Å². The fourth-order valence-corrected chi connectivity index (χ4v) is 7.43. The molecule has 0 radical (unpaired) electrons. The summed E-state index contributed by atoms with van der Waals surface area (Å²) in [7, 11) is 0. The van der Waals surface area contributed by atoms with Crippen molar-refractivity contribution in [3.8, 4) is 0 Å². The van der Waals surface area contributed by atoms with Crippen molar-refractivity contribution in [3.05, 3.63) is 69.8 Å². The van der Waals surface area contributed by atoms with Gasteiger partial charge in [-0.2, -0.15) is 11.8 Å². The summed E-state index contributed by atoms with van der Waals surface area (Å²) in [4.78, 5) is 0. The molecule has 0 heterocycles. The van der Waals surface area contributed by atoms with E-state index in [1.165, 1.54) is 73.6 Å². The maximum absolute atomic E-state index is 10.1. The minimum Gasteiger partial charge on any atom is -0.392 e. The Morgan fingerprint density at radius 2 is 1.02 bits per heavy atom. The van der Waals surface area contributed by atoms with Crippen molar-refractivity contribution in [1.82, 2.24) is 0 Å². The van der Waals surface area contributed by atoms with E-state index >= 15 is 0 Å². The molecule has 232 valence electrons. The molecule has 0 bridgehead atoms. The van der Waals surface area contributed by atoms with Gasteiger partial charge in [0.2, 0.25) is 0 Å². The van der Waals surface area contributed by atoms with Gasteiger partial charge in [-0.15, -0.1) is 0 Å². The first kappa shape index (κ1) is 35.9. The quantitative estimate of drug-likeness (QED) is 0.193. The molecule has 0 amide bonds. The summed E-state index contributed by atoms with van der Waals surface area (Å²) in [5.74, 6) is 1.08. The molecule has 0 aliphatic heterocycles. The Morgan fingerprint density at radius 3 is 1.44 bits per heavy atom. The smallest absolute Gasteiger partial charge is 0.0684 e. The van der Waals surface area contributed by atoms with Crippen LogP contribution in [-0.2, 0) is 29.5 Å². The van der Waals surface area contributed by atoms with Gasteiger partial charge in [-0.3, -0.25) is 0 Å². The molecule has 0 atom stereocenters. The number of hydrogen-bond acceptors (Lipinski definition) is 3. The SMILES string of the molecule is CCCCCCCCCC(C)(C)SCCC(C)(c1ccc(CO)c(C(C)(C)C)c1)c1ccc(CO)c(C(C)(C)C)c1. The van der Waals surface area contributed by atoms with Crippen LogP contribution in [0.15, 0.2) is 36.4 Å². The normalized spacial score (nSPS) is 13.2. The van der Waals surface area contributed by atoms with Crippen molar-refractivity contribution in [2.24, 2.45) is 0 Å². The lowest BCUT2D eigenvalue weighted by molar-refractivity contribution is 0.278. The van der Waals surface area contributed by atoms with Gasteiger partial charge >= 0.3 is 0 Å². The molecule has 0 unspecified atom stereocenters. The van der Waals surface area contributed by atoms with Gasteiger partial charge in [-0.25, -0.2) is 0 Å². The van der Waals surface area contributed by atoms with Gasteiger partial charge in [0.25, 0.3) is 0 Å². The third kappa shape index (κ3) is 10.4. The highest BCUT2D eigenvalue weighted by atomic mass is 32.2. The first-order valence-electron chi connectivity index (χ1n) is 16.2. The maximum Gasteiger partial charge on any atom is 0.0684 e. The lowest BCUT2D eigenvalue weighted by Crippen LogP contribution is -2.28. The Morgan fingerprint density at radius 1 is 0.585 bits per heavy atom. The first-order valence-corrected chi connectivity index (χ1v) is 17.2. The number of rotatable bonds is 16. The molecule has 0 spiro atoms. The van der Waals surface area contributed by atoms with Crippen LogP contribution in [0.1, 0.15) is 160 Å². The molecule has 2 aromatic carbocycles. The van der Waals surface area contributed by atoms with Gasteiger partial charge in [-0.1, -0.05) is 151 Å². The van der Waals surface area contributed by atoms with Crippen LogP contribution in [0.4, 0.5) is 0 Å². The molecular formula is C38H62O2S. The van der Waals surface area contributed by atoms with Gasteiger partial charge in [0.05, 0.1) is 13.2 Å². The summed E-state index contributed by atoms with van der Waals surface area (Å²) in [6.07, 6.45) is 11.8. The topological polar surface area (TPSA) is 40.5 Å². The molecule has 2 rings (SSSR count). The zero-order valence-electron chi connectivity index (χ0n) is 28.3. The molecule has 41 heavy (non-hydrogen) atoms. The van der Waals surface area contributed by atoms with Crippen molar-refractivity contribution in [2.45, 2.75) is 161 Å². The van der Waals surface area contributed by atoms with E-state index in [1.54, 1.807) is 0 Å². The van der Waals surface area contributed by atoms with E-state index in [4.69, 9.17) is 0 Å². The number of aliphatic hydroxyl groups excluding tert-OH is 2. The minimum absolute atomic E-state index is 0.0560. The molecule has 0 fully saturated rings. The molecule has 0 aliphatic carbocycles. The van der Waals surface area contributed by atoms with E-state index in [2.05, 4.69) is 117 Å². The fraction of sp³-hybridized carbons (Fsp3) is 0.684. The second-order valence-electron chi connectivity index (χ2n) is 15.1. The van der Waals surface area contributed by atoms with Crippen LogP contribution in [-0.4, -0.2) is 20.7 Å². The Balaban J connectivity index is 2.37. The van der Waals surface area contributed by atoms with Gasteiger partial charge in [-0.05, 0) is 62.8 Å². The Hall–Kier alpha value is -1.29. The van der Waals surface area contributed by atoms with E-state index in [1.807, 2.05) is 0 Å². The second-order valence-corrected chi connectivity index (χ2v) is 16.9. The summed E-state index contributed by atoms with van der Waals surface area (Å²) < 4.78 is 0.263. The Labute approximate surface area is 258 Å². The summed E-state index contributed by atoms with van der Waals surface area (Å²) in [6.45, 7) is 23.1. The molecule has 0 aliphatic rings. The number of hydrogen-bond donors (Lipinski definition) is 2. The van der Waals surface area contributed by atoms with Crippen LogP contribution >= 0.6 is 11.8 Å². The molecule has 2 aromatic rings. The molecule has 0 aromatic heterocycles. The second kappa shape index (κ2) is 15.4. The van der Waals surface area contributed by atoms with E-state index in [0.29, 0.717) is 0 Å². The van der Waals surface area contributed by atoms with E-state index in [9.17, 15) is 10.2 Å². The van der Waals surface area contributed by atoms with Crippen molar-refractivity contribution >= 4 is 11.8 Å².